The van der Waals surface area contributed by atoms with Gasteiger partial charge in [0.25, 0.3) is 0 Å². The van der Waals surface area contributed by atoms with Crippen LogP contribution in [0.15, 0.2) is 42.6 Å². The molecule has 0 radical (unpaired) electrons. The van der Waals surface area contributed by atoms with Gasteiger partial charge in [-0.05, 0) is 36.8 Å². The molecule has 0 unspecified atom stereocenters. The third-order valence-corrected chi connectivity index (χ3v) is 3.51. The molecular weight excluding hydrogens is 297 g/mol. The minimum atomic E-state index is -0.407. The maximum atomic E-state index is 14.0. The van der Waals surface area contributed by atoms with Gasteiger partial charge in [-0.3, -0.25) is 4.98 Å². The number of nitrogens with zero attached hydrogens (tertiary/aromatic N) is 1. The Labute approximate surface area is 133 Å². The highest BCUT2D eigenvalue weighted by Gasteiger charge is 2.12. The van der Waals surface area contributed by atoms with Gasteiger partial charge in [-0.15, -0.1) is 0 Å². The van der Waals surface area contributed by atoms with Gasteiger partial charge in [0.2, 0.25) is 0 Å². The van der Waals surface area contributed by atoms with E-state index in [1.54, 1.807) is 50.7 Å². The number of ether oxygens (including phenoxy) is 3. The standard InChI is InChI=1S/C18H16FNO3/c1-11-4-5-16(13(19)8-11)23-15-6-7-20-14-10-18(22-3)17(21-2)9-12(14)15/h4-10H,1-3H3. The van der Waals surface area contributed by atoms with Crippen molar-refractivity contribution in [1.82, 2.24) is 4.98 Å². The van der Waals surface area contributed by atoms with Crippen molar-refractivity contribution in [3.05, 3.63) is 54.0 Å². The maximum absolute atomic E-state index is 14.0. The molecule has 2 aromatic carbocycles. The predicted molar refractivity (Wildman–Crippen MR) is 86.1 cm³/mol. The molecule has 1 aromatic heterocycles. The highest BCUT2D eigenvalue weighted by Crippen LogP contribution is 2.37. The van der Waals surface area contributed by atoms with Gasteiger partial charge in [0.05, 0.1) is 19.7 Å². The number of aromatic nitrogens is 1. The molecule has 23 heavy (non-hydrogen) atoms. The van der Waals surface area contributed by atoms with Gasteiger partial charge in [-0.1, -0.05) is 6.07 Å². The molecule has 1 heterocycles. The lowest BCUT2D eigenvalue weighted by Gasteiger charge is -2.12. The van der Waals surface area contributed by atoms with Crippen LogP contribution in [0, 0.1) is 12.7 Å². The number of benzene rings is 2. The molecule has 0 fully saturated rings. The lowest BCUT2D eigenvalue weighted by Crippen LogP contribution is -1.94. The van der Waals surface area contributed by atoms with E-state index in [0.717, 1.165) is 5.56 Å². The van der Waals surface area contributed by atoms with E-state index in [9.17, 15) is 4.39 Å². The molecule has 0 saturated heterocycles. The maximum Gasteiger partial charge on any atom is 0.165 e. The van der Waals surface area contributed by atoms with Crippen molar-refractivity contribution in [1.29, 1.82) is 0 Å². The first kappa shape index (κ1) is 15.1. The number of rotatable bonds is 4. The Hall–Kier alpha value is -2.82. The summed E-state index contributed by atoms with van der Waals surface area (Å²) in [6.45, 7) is 1.83. The molecular formula is C18H16FNO3. The highest BCUT2D eigenvalue weighted by molar-refractivity contribution is 5.88. The number of pyridine rings is 1. The summed E-state index contributed by atoms with van der Waals surface area (Å²) >= 11 is 0. The quantitative estimate of drug-likeness (QED) is 0.711. The Bertz CT molecular complexity index is 864. The van der Waals surface area contributed by atoms with E-state index in [2.05, 4.69) is 4.98 Å². The van der Waals surface area contributed by atoms with E-state index in [-0.39, 0.29) is 5.75 Å². The molecule has 0 atom stereocenters. The van der Waals surface area contributed by atoms with Gasteiger partial charge in [-0.2, -0.15) is 0 Å². The second-order valence-electron chi connectivity index (χ2n) is 5.07. The van der Waals surface area contributed by atoms with Crippen molar-refractivity contribution in [2.75, 3.05) is 14.2 Å². The lowest BCUT2D eigenvalue weighted by molar-refractivity contribution is 0.355. The molecule has 0 saturated carbocycles. The van der Waals surface area contributed by atoms with E-state index < -0.39 is 5.82 Å². The number of hydrogen-bond donors (Lipinski definition) is 0. The molecule has 0 spiro atoms. The zero-order chi connectivity index (χ0) is 16.4. The summed E-state index contributed by atoms with van der Waals surface area (Å²) in [5, 5.41) is 0.713. The first-order valence-corrected chi connectivity index (χ1v) is 7.07. The van der Waals surface area contributed by atoms with E-state index in [4.69, 9.17) is 14.2 Å². The van der Waals surface area contributed by atoms with Crippen LogP contribution in [0.4, 0.5) is 4.39 Å². The minimum Gasteiger partial charge on any atom is -0.493 e. The Morgan fingerprint density at radius 3 is 2.30 bits per heavy atom. The molecule has 3 rings (SSSR count). The van der Waals surface area contributed by atoms with Crippen LogP contribution in [0.25, 0.3) is 10.9 Å². The Morgan fingerprint density at radius 2 is 1.61 bits per heavy atom. The summed E-state index contributed by atoms with van der Waals surface area (Å²) in [6.07, 6.45) is 1.61. The molecule has 3 aromatic rings. The summed E-state index contributed by atoms with van der Waals surface area (Å²) in [6, 6.07) is 10.0. The first-order chi connectivity index (χ1) is 11.1. The Kier molecular flexibility index (Phi) is 4.02. The molecule has 118 valence electrons. The zero-order valence-electron chi connectivity index (χ0n) is 13.1. The normalized spacial score (nSPS) is 10.6. The molecule has 0 aliphatic heterocycles. The molecule has 0 aliphatic rings. The van der Waals surface area contributed by atoms with Crippen LogP contribution in [-0.4, -0.2) is 19.2 Å². The molecule has 4 nitrogen and oxygen atoms in total. The summed E-state index contributed by atoms with van der Waals surface area (Å²) in [5.74, 6) is 1.39. The second kappa shape index (κ2) is 6.12. The molecule has 0 bridgehead atoms. The summed E-state index contributed by atoms with van der Waals surface area (Å²) in [4.78, 5) is 4.29. The van der Waals surface area contributed by atoms with Crippen LogP contribution >= 0.6 is 0 Å². The third-order valence-electron chi connectivity index (χ3n) is 3.51. The summed E-state index contributed by atoms with van der Waals surface area (Å²) in [7, 11) is 3.12. The van der Waals surface area contributed by atoms with Crippen LogP contribution in [0.1, 0.15) is 5.56 Å². The Balaban J connectivity index is 2.10. The van der Waals surface area contributed by atoms with Crippen molar-refractivity contribution < 1.29 is 18.6 Å². The lowest BCUT2D eigenvalue weighted by atomic mass is 10.1. The van der Waals surface area contributed by atoms with Crippen LogP contribution in [0.5, 0.6) is 23.0 Å². The van der Waals surface area contributed by atoms with Gasteiger partial charge in [0.15, 0.2) is 23.1 Å². The van der Waals surface area contributed by atoms with Crippen molar-refractivity contribution in [2.45, 2.75) is 6.92 Å². The summed E-state index contributed by atoms with van der Waals surface area (Å²) < 4.78 is 30.3. The van der Waals surface area contributed by atoms with Crippen molar-refractivity contribution in [3.63, 3.8) is 0 Å². The van der Waals surface area contributed by atoms with Crippen LogP contribution < -0.4 is 14.2 Å². The number of methoxy groups -OCH3 is 2. The van der Waals surface area contributed by atoms with Gasteiger partial charge < -0.3 is 14.2 Å². The van der Waals surface area contributed by atoms with Gasteiger partial charge in [0.1, 0.15) is 5.75 Å². The van der Waals surface area contributed by atoms with Crippen LogP contribution in [0.2, 0.25) is 0 Å². The number of hydrogen-bond acceptors (Lipinski definition) is 4. The Morgan fingerprint density at radius 1 is 0.870 bits per heavy atom. The van der Waals surface area contributed by atoms with Gasteiger partial charge in [-0.25, -0.2) is 4.39 Å². The van der Waals surface area contributed by atoms with Crippen molar-refractivity contribution >= 4 is 10.9 Å². The van der Waals surface area contributed by atoms with E-state index in [1.165, 1.54) is 6.07 Å². The van der Waals surface area contributed by atoms with Crippen molar-refractivity contribution in [2.24, 2.45) is 0 Å². The summed E-state index contributed by atoms with van der Waals surface area (Å²) in [5.41, 5.74) is 1.51. The van der Waals surface area contributed by atoms with Gasteiger partial charge in [0, 0.05) is 17.6 Å². The molecule has 0 N–H and O–H groups in total. The predicted octanol–water partition coefficient (Wildman–Crippen LogP) is 4.49. The number of fused-ring (bicyclic) bond motifs is 1. The van der Waals surface area contributed by atoms with E-state index in [1.807, 2.05) is 6.92 Å². The van der Waals surface area contributed by atoms with E-state index in [0.29, 0.717) is 28.2 Å². The molecule has 5 heteroatoms. The topological polar surface area (TPSA) is 40.6 Å². The fourth-order valence-electron chi connectivity index (χ4n) is 2.34. The number of aryl methyl sites for hydroxylation is 1. The third kappa shape index (κ3) is 2.90. The monoisotopic (exact) mass is 313 g/mol. The molecule has 0 amide bonds. The van der Waals surface area contributed by atoms with Crippen LogP contribution in [0.3, 0.4) is 0 Å². The fraction of sp³-hybridized carbons (Fsp3) is 0.167. The zero-order valence-corrected chi connectivity index (χ0v) is 13.1. The first-order valence-electron chi connectivity index (χ1n) is 7.07. The van der Waals surface area contributed by atoms with Gasteiger partial charge >= 0.3 is 0 Å². The number of halogens is 1. The van der Waals surface area contributed by atoms with E-state index >= 15 is 0 Å². The highest BCUT2D eigenvalue weighted by atomic mass is 19.1. The minimum absolute atomic E-state index is 0.165. The largest absolute Gasteiger partial charge is 0.493 e. The second-order valence-corrected chi connectivity index (χ2v) is 5.07. The molecule has 0 aliphatic carbocycles. The van der Waals surface area contributed by atoms with Crippen molar-refractivity contribution in [3.8, 4) is 23.0 Å². The fourth-order valence-corrected chi connectivity index (χ4v) is 2.34. The van der Waals surface area contributed by atoms with Crippen LogP contribution in [-0.2, 0) is 0 Å². The average Bonchev–Trinajstić information content (AvgIpc) is 2.56. The SMILES string of the molecule is COc1cc2nccc(Oc3ccc(C)cc3F)c2cc1OC. The average molecular weight is 313 g/mol. The smallest absolute Gasteiger partial charge is 0.165 e.